The van der Waals surface area contributed by atoms with Gasteiger partial charge < -0.3 is 85.9 Å². The minimum absolute atomic E-state index is 0.000923. The van der Waals surface area contributed by atoms with Crippen LogP contribution in [0.25, 0.3) is 0 Å². The molecule has 0 aliphatic carbocycles. The first kappa shape index (κ1) is 78.3. The van der Waals surface area contributed by atoms with Crippen LogP contribution in [0.2, 0.25) is 0 Å². The first-order chi connectivity index (χ1) is 41.8. The highest BCUT2D eigenvalue weighted by molar-refractivity contribution is 5.98. The number of aliphatic imine (C=N–C) groups is 2. The molecule has 9 atom stereocenters. The lowest BCUT2D eigenvalue weighted by Gasteiger charge is -2.29. The fraction of sp³-hybridized carbons (Fsp3) is 0.667. The van der Waals surface area contributed by atoms with Crippen molar-refractivity contribution < 1.29 is 68.4 Å². The topological polar surface area (TPSA) is 477 Å². The number of Topliss-reactive ketones (excluding diaryl/α,β-unsaturated/α-hetero) is 1. The van der Waals surface area contributed by atoms with Gasteiger partial charge >= 0.3 is 5.97 Å². The molecule has 0 bridgehead atoms. The summed E-state index contributed by atoms with van der Waals surface area (Å²) in [5.74, 6) is -10.3. The Hall–Kier alpha value is -7.72. The van der Waals surface area contributed by atoms with E-state index < -0.39 is 139 Å². The zero-order valence-corrected chi connectivity index (χ0v) is 52.1. The molecule has 0 unspecified atom stereocenters. The van der Waals surface area contributed by atoms with Crippen molar-refractivity contribution in [3.8, 4) is 0 Å². The third kappa shape index (κ3) is 34.6. The summed E-state index contributed by atoms with van der Waals surface area (Å²) in [7, 11) is 0. The smallest absolute Gasteiger partial charge is 0.303 e. The van der Waals surface area contributed by atoms with Gasteiger partial charge in [0.25, 0.3) is 0 Å². The van der Waals surface area contributed by atoms with Crippen LogP contribution in [0.3, 0.4) is 0 Å². The Bertz CT molecular complexity index is 2400. The van der Waals surface area contributed by atoms with Crippen molar-refractivity contribution in [3.05, 3.63) is 48.0 Å². The van der Waals surface area contributed by atoms with E-state index >= 15 is 0 Å². The fourth-order valence-electron chi connectivity index (χ4n) is 9.05. The van der Waals surface area contributed by atoms with Crippen LogP contribution in [0.4, 0.5) is 0 Å². The number of hydrogen-bond donors (Lipinski definition) is 16. The first-order valence-corrected chi connectivity index (χ1v) is 30.7. The molecule has 1 rings (SSSR count). The lowest BCUT2D eigenvalue weighted by molar-refractivity contribution is -0.138. The summed E-state index contributed by atoms with van der Waals surface area (Å²) >= 11 is 0. The number of carbonyl (C=O) groups is 10. The lowest BCUT2D eigenvalue weighted by atomic mass is 9.99. The molecule has 0 radical (unpaired) electrons. The van der Waals surface area contributed by atoms with E-state index in [0.717, 1.165) is 45.4 Å². The van der Waals surface area contributed by atoms with Crippen LogP contribution in [0.1, 0.15) is 169 Å². The number of guanidine groups is 2. The molecule has 88 heavy (non-hydrogen) atoms. The maximum Gasteiger partial charge on any atom is 0.303 e. The molecule has 28 nitrogen and oxygen atoms in total. The number of ketones is 1. The maximum absolute atomic E-state index is 14.4. The van der Waals surface area contributed by atoms with E-state index in [1.54, 1.807) is 44.2 Å². The summed E-state index contributed by atoms with van der Waals surface area (Å²) in [5, 5.41) is 60.3. The van der Waals surface area contributed by atoms with E-state index in [0.29, 0.717) is 12.0 Å². The number of nitrogens with one attached hydrogen (secondary N) is 8. The van der Waals surface area contributed by atoms with Gasteiger partial charge in [0, 0.05) is 32.4 Å². The molecule has 8 amide bonds. The van der Waals surface area contributed by atoms with E-state index in [-0.39, 0.29) is 70.0 Å². The quantitative estimate of drug-likeness (QED) is 0.0173. The zero-order chi connectivity index (χ0) is 66.0. The van der Waals surface area contributed by atoms with E-state index in [1.807, 2.05) is 0 Å². The molecule has 20 N–H and O–H groups in total. The molecule has 0 aliphatic rings. The first-order valence-electron chi connectivity index (χ1n) is 30.7. The highest BCUT2D eigenvalue weighted by Gasteiger charge is 2.36. The van der Waals surface area contributed by atoms with Gasteiger partial charge in [-0.1, -0.05) is 115 Å². The second-order valence-electron chi connectivity index (χ2n) is 22.2. The van der Waals surface area contributed by atoms with Crippen molar-refractivity contribution in [2.45, 2.75) is 224 Å². The number of nitrogens with two attached hydrogens (primary N) is 4. The number of amides is 8. The summed E-state index contributed by atoms with van der Waals surface area (Å²) in [6.45, 7) is 5.75. The Balaban J connectivity index is 3.27. The monoisotopic (exact) mass is 1240 g/mol. The standard InChI is InChI=1S/C60H102N14O14/c1-6-7-8-9-10-11-12-13-14-15-16-17-18-19-23-30-48(79)73-51(40(5)78)58(88)74-50(38(2)3)57(87)70-45(35-41-26-21-20-22-27-41)54(84)68-44(29-25-34-66-60(63)64)53(83)71-47(37-76)56(86)72-46(36-75)55(85)69-43(28-24-33-65-59(61)62)52(82)67-42(39(4)77)31-32-49(80)81/h13-14,20-22,26-27,38,40,42-47,50-51,75-76,78H,6-12,15-19,23-25,28-37H2,1-5H3,(H,67,82)(H,68,84)(H,69,85)(H,70,87)(H,71,83)(H,72,86)(H,73,79)(H,74,88)(H,80,81)(H4,61,62,65)(H4,63,64,66)/b14-13-/t40-,42+,43+,44+,45+,46+,47+,50+,51+/m1/s1. The van der Waals surface area contributed by atoms with Crippen LogP contribution in [-0.4, -0.2) is 172 Å². The number of allylic oxidation sites excluding steroid dienone is 2. The molecular formula is C60H102N14O14. The van der Waals surface area contributed by atoms with Gasteiger partial charge in [0.05, 0.1) is 25.4 Å². The van der Waals surface area contributed by atoms with Gasteiger partial charge in [0.2, 0.25) is 47.3 Å². The van der Waals surface area contributed by atoms with Crippen molar-refractivity contribution in [3.63, 3.8) is 0 Å². The zero-order valence-electron chi connectivity index (χ0n) is 52.1. The molecule has 1 aromatic rings. The van der Waals surface area contributed by atoms with Crippen LogP contribution >= 0.6 is 0 Å². The van der Waals surface area contributed by atoms with Gasteiger partial charge in [0.1, 0.15) is 42.3 Å². The molecule has 0 saturated carbocycles. The summed E-state index contributed by atoms with van der Waals surface area (Å²) in [6.07, 6.45) is 16.3. The largest absolute Gasteiger partial charge is 0.481 e. The summed E-state index contributed by atoms with van der Waals surface area (Å²) < 4.78 is 0. The number of aliphatic hydroxyl groups excluding tert-OH is 3. The van der Waals surface area contributed by atoms with Crippen molar-refractivity contribution in [1.29, 1.82) is 0 Å². The molecule has 1 aromatic carbocycles. The highest BCUT2D eigenvalue weighted by atomic mass is 16.4. The number of hydrogen-bond acceptors (Lipinski definition) is 15. The van der Waals surface area contributed by atoms with E-state index in [2.05, 4.69) is 71.6 Å². The van der Waals surface area contributed by atoms with E-state index in [1.165, 1.54) is 45.4 Å². The Morgan fingerprint density at radius 3 is 1.35 bits per heavy atom. The normalized spacial score (nSPS) is 14.2. The van der Waals surface area contributed by atoms with Crippen LogP contribution in [0.5, 0.6) is 0 Å². The molecule has 0 saturated heterocycles. The molecule has 0 aromatic heterocycles. The maximum atomic E-state index is 14.4. The van der Waals surface area contributed by atoms with Crippen LogP contribution in [0, 0.1) is 5.92 Å². The average molecular weight is 1240 g/mol. The second-order valence-corrected chi connectivity index (χ2v) is 22.2. The summed E-state index contributed by atoms with van der Waals surface area (Å²) in [6, 6.07) is -3.56. The van der Waals surface area contributed by atoms with Gasteiger partial charge in [-0.05, 0) is 89.5 Å². The Morgan fingerprint density at radius 1 is 0.489 bits per heavy atom. The lowest BCUT2D eigenvalue weighted by Crippen LogP contribution is -2.62. The van der Waals surface area contributed by atoms with Crippen molar-refractivity contribution >= 4 is 70.9 Å². The molecule has 496 valence electrons. The molecule has 0 aliphatic heterocycles. The molecule has 0 heterocycles. The Labute approximate surface area is 517 Å². The third-order valence-electron chi connectivity index (χ3n) is 14.2. The molecule has 0 fully saturated rings. The van der Waals surface area contributed by atoms with Crippen LogP contribution < -0.4 is 65.5 Å². The van der Waals surface area contributed by atoms with Gasteiger partial charge in [-0.15, -0.1) is 0 Å². The van der Waals surface area contributed by atoms with Crippen molar-refractivity contribution in [1.82, 2.24) is 42.5 Å². The Morgan fingerprint density at radius 2 is 0.909 bits per heavy atom. The molecule has 28 heteroatoms. The SMILES string of the molecule is CCCCCCCC/C=C\CCCCCCCC(=O)N[C@H](C(=O)N[C@H](C(=O)N[C@@H](Cc1ccccc1)C(=O)N[C@@H](CCCN=C(N)N)C(=O)N[C@@H](CO)C(=O)N[C@@H](CO)C(=O)N[C@@H](CCCN=C(N)N)C(=O)N[C@@H](CCC(=O)O)C(C)=O)C(C)C)[C@@H](C)O. The Kier molecular flexibility index (Phi) is 40.5. The van der Waals surface area contributed by atoms with E-state index in [9.17, 15) is 63.3 Å². The van der Waals surface area contributed by atoms with Crippen LogP contribution in [0.15, 0.2) is 52.5 Å². The average Bonchev–Trinajstić information content (AvgIpc) is 2.07. The van der Waals surface area contributed by atoms with Crippen molar-refractivity contribution in [2.24, 2.45) is 38.8 Å². The number of nitrogens with zero attached hydrogens (tertiary/aromatic N) is 2. The molecular weight excluding hydrogens is 1140 g/mol. The second kappa shape index (κ2) is 45.5. The van der Waals surface area contributed by atoms with Crippen molar-refractivity contribution in [2.75, 3.05) is 26.3 Å². The number of aliphatic carboxylic acids is 1. The number of carboxylic acid groups (broad SMARTS) is 1. The minimum Gasteiger partial charge on any atom is -0.481 e. The summed E-state index contributed by atoms with van der Waals surface area (Å²) in [4.78, 5) is 142. The van der Waals surface area contributed by atoms with E-state index in [4.69, 9.17) is 28.0 Å². The minimum atomic E-state index is -1.84. The third-order valence-corrected chi connectivity index (χ3v) is 14.2. The van der Waals surface area contributed by atoms with Gasteiger partial charge in [-0.2, -0.15) is 0 Å². The number of rotatable bonds is 48. The van der Waals surface area contributed by atoms with Gasteiger partial charge in [-0.25, -0.2) is 0 Å². The number of unbranched alkanes of at least 4 members (excludes halogenated alkanes) is 11. The van der Waals surface area contributed by atoms with Gasteiger partial charge in [0.15, 0.2) is 17.7 Å². The number of benzene rings is 1. The number of carboxylic acids is 1. The number of aliphatic hydroxyl groups is 3. The summed E-state index contributed by atoms with van der Waals surface area (Å²) in [5.41, 5.74) is 22.4. The van der Waals surface area contributed by atoms with Gasteiger partial charge in [-0.3, -0.25) is 57.9 Å². The molecule has 0 spiro atoms. The predicted molar refractivity (Wildman–Crippen MR) is 333 cm³/mol. The number of carbonyl (C=O) groups excluding carboxylic acids is 9. The highest BCUT2D eigenvalue weighted by Crippen LogP contribution is 2.13. The predicted octanol–water partition coefficient (Wildman–Crippen LogP) is -0.273. The fourth-order valence-corrected chi connectivity index (χ4v) is 9.05. The van der Waals surface area contributed by atoms with Crippen LogP contribution in [-0.2, 0) is 54.4 Å².